The van der Waals surface area contributed by atoms with E-state index in [1.165, 1.54) is 0 Å². The van der Waals surface area contributed by atoms with Crippen molar-refractivity contribution in [1.82, 2.24) is 0 Å². The Bertz CT molecular complexity index is 736. The number of nitrogens with zero attached hydrogens (tertiary/aromatic N) is 1. The molecule has 0 radical (unpaired) electrons. The molecule has 2 fully saturated rings. The zero-order valence-electron chi connectivity index (χ0n) is 18.1. The zero-order chi connectivity index (χ0) is 20.7. The molecule has 2 aliphatic rings. The van der Waals surface area contributed by atoms with Crippen molar-refractivity contribution in [1.29, 1.82) is 0 Å². The van der Waals surface area contributed by atoms with Crippen molar-refractivity contribution >= 4 is 31.5 Å². The number of rotatable bonds is 4. The van der Waals surface area contributed by atoms with Gasteiger partial charge in [0.15, 0.2) is 8.32 Å². The van der Waals surface area contributed by atoms with Gasteiger partial charge in [0.05, 0.1) is 23.2 Å². The summed E-state index contributed by atoms with van der Waals surface area (Å²) in [5, 5.41) is 0.812. The van der Waals surface area contributed by atoms with Crippen molar-refractivity contribution in [3.63, 3.8) is 0 Å². The summed E-state index contributed by atoms with van der Waals surface area (Å²) in [6.45, 7) is 12.2. The Morgan fingerprint density at radius 2 is 1.82 bits per heavy atom. The summed E-state index contributed by atoms with van der Waals surface area (Å²) in [7, 11) is -0.142. The summed E-state index contributed by atoms with van der Waals surface area (Å²) in [6.07, 6.45) is 4.93. The van der Waals surface area contributed by atoms with Gasteiger partial charge in [-0.1, -0.05) is 32.4 Å². The number of halogens is 1. The number of carbonyl (C=O) groups excluding carboxylic acids is 1. The van der Waals surface area contributed by atoms with E-state index in [0.29, 0.717) is 5.02 Å². The van der Waals surface area contributed by atoms with Crippen molar-refractivity contribution in [2.24, 2.45) is 5.41 Å². The van der Waals surface area contributed by atoms with Gasteiger partial charge in [-0.3, -0.25) is 4.79 Å². The average molecular weight is 424 g/mol. The summed E-state index contributed by atoms with van der Waals surface area (Å²) in [6, 6.07) is 5.49. The molecule has 0 atom stereocenters. The summed E-state index contributed by atoms with van der Waals surface area (Å²) >= 11 is 6.40. The number of hydrogen-bond acceptors (Lipinski definition) is 3. The molecule has 1 saturated carbocycles. The minimum atomic E-state index is -1.77. The lowest BCUT2D eigenvalue weighted by molar-refractivity contribution is -0.128. The molecule has 4 nitrogen and oxygen atoms in total. The molecule has 3 rings (SSSR count). The van der Waals surface area contributed by atoms with Gasteiger partial charge in [-0.05, 0) is 62.4 Å². The van der Waals surface area contributed by atoms with Crippen LogP contribution in [-0.2, 0) is 9.22 Å². The Labute approximate surface area is 175 Å². The van der Waals surface area contributed by atoms with Crippen molar-refractivity contribution in [2.75, 3.05) is 18.6 Å². The predicted molar refractivity (Wildman–Crippen MR) is 118 cm³/mol. The minimum absolute atomic E-state index is 0.214. The number of anilines is 1. The molecule has 1 aliphatic carbocycles. The van der Waals surface area contributed by atoms with E-state index < -0.39 is 8.32 Å². The van der Waals surface area contributed by atoms with Crippen LogP contribution < -0.4 is 9.64 Å². The third-order valence-electron chi connectivity index (χ3n) is 7.11. The second-order valence-electron chi connectivity index (χ2n) is 9.88. The maximum atomic E-state index is 13.4. The zero-order valence-corrected chi connectivity index (χ0v) is 19.9. The van der Waals surface area contributed by atoms with Gasteiger partial charge in [-0.2, -0.15) is 0 Å². The Morgan fingerprint density at radius 3 is 2.39 bits per heavy atom. The molecule has 0 N–H and O–H groups in total. The third-order valence-corrected chi connectivity index (χ3v) is 12.0. The molecular formula is C22H34ClNO3Si. The molecule has 6 heteroatoms. The quantitative estimate of drug-likeness (QED) is 0.554. The second kappa shape index (κ2) is 7.65. The first-order valence-corrected chi connectivity index (χ1v) is 13.6. The van der Waals surface area contributed by atoms with Crippen molar-refractivity contribution in [2.45, 2.75) is 77.1 Å². The van der Waals surface area contributed by atoms with E-state index in [-0.39, 0.29) is 22.5 Å². The van der Waals surface area contributed by atoms with Crippen LogP contribution in [-0.4, -0.2) is 34.0 Å². The second-order valence-corrected chi connectivity index (χ2v) is 15.0. The molecular weight excluding hydrogens is 390 g/mol. The van der Waals surface area contributed by atoms with Gasteiger partial charge in [-0.25, -0.2) is 0 Å². The summed E-state index contributed by atoms with van der Waals surface area (Å²) in [5.41, 5.74) is 0.516. The highest BCUT2D eigenvalue weighted by molar-refractivity contribution is 6.74. The topological polar surface area (TPSA) is 38.8 Å². The number of carbonyl (C=O) groups is 1. The lowest BCUT2D eigenvalue weighted by atomic mass is 9.72. The monoisotopic (exact) mass is 423 g/mol. The van der Waals surface area contributed by atoms with E-state index in [0.717, 1.165) is 50.1 Å². The molecule has 1 spiro atoms. The highest BCUT2D eigenvalue weighted by Crippen LogP contribution is 2.49. The number of benzene rings is 1. The maximum Gasteiger partial charge on any atom is 0.233 e. The Kier molecular flexibility index (Phi) is 5.92. The lowest BCUT2D eigenvalue weighted by Crippen LogP contribution is -2.46. The van der Waals surface area contributed by atoms with Crippen LogP contribution in [0.25, 0.3) is 0 Å². The number of hydrogen-bond donors (Lipinski definition) is 0. The summed E-state index contributed by atoms with van der Waals surface area (Å²) < 4.78 is 11.9. The highest BCUT2D eigenvalue weighted by Gasteiger charge is 2.50. The number of ether oxygens (including phenoxy) is 1. The Hall–Kier alpha value is -1.04. The molecule has 0 unspecified atom stereocenters. The van der Waals surface area contributed by atoms with Gasteiger partial charge in [-0.15, -0.1) is 0 Å². The number of methoxy groups -OCH3 is 1. The summed E-state index contributed by atoms with van der Waals surface area (Å²) in [5.74, 6) is 0.938. The molecule has 0 aromatic heterocycles. The maximum absolute atomic E-state index is 13.4. The van der Waals surface area contributed by atoms with Gasteiger partial charge in [0.1, 0.15) is 5.75 Å². The van der Waals surface area contributed by atoms with E-state index in [9.17, 15) is 4.79 Å². The average Bonchev–Trinajstić information content (AvgIpc) is 2.93. The highest BCUT2D eigenvalue weighted by atomic mass is 35.5. The van der Waals surface area contributed by atoms with Crippen molar-refractivity contribution < 1.29 is 14.0 Å². The van der Waals surface area contributed by atoms with Crippen LogP contribution in [0.3, 0.4) is 0 Å². The van der Waals surface area contributed by atoms with Crippen LogP contribution in [0.5, 0.6) is 5.75 Å². The molecule has 1 saturated heterocycles. The standard InChI is InChI=1S/C22H34ClNO3Si/c1-21(2,3)28(5,6)27-16-9-11-22(12-10-16)13-14-24(20(22)25)19-15-17(26-4)7-8-18(19)23/h7-8,15-16H,9-14H2,1-6H3. The van der Waals surface area contributed by atoms with Crippen LogP contribution in [0.1, 0.15) is 52.9 Å². The van der Waals surface area contributed by atoms with E-state index in [2.05, 4.69) is 33.9 Å². The van der Waals surface area contributed by atoms with Gasteiger partial charge in [0.2, 0.25) is 5.91 Å². The lowest BCUT2D eigenvalue weighted by Gasteiger charge is -2.43. The van der Waals surface area contributed by atoms with E-state index in [1.807, 2.05) is 17.0 Å². The van der Waals surface area contributed by atoms with Crippen LogP contribution in [0.2, 0.25) is 23.2 Å². The van der Waals surface area contributed by atoms with Gasteiger partial charge in [0.25, 0.3) is 0 Å². The third kappa shape index (κ3) is 3.98. The van der Waals surface area contributed by atoms with E-state index >= 15 is 0 Å². The van der Waals surface area contributed by atoms with Crippen LogP contribution in [0.4, 0.5) is 5.69 Å². The Balaban J connectivity index is 1.69. The van der Waals surface area contributed by atoms with Crippen LogP contribution >= 0.6 is 11.6 Å². The Morgan fingerprint density at radius 1 is 1.18 bits per heavy atom. The SMILES string of the molecule is COc1ccc(Cl)c(N2CCC3(CCC(O[Si](C)(C)C(C)(C)C)CC3)C2=O)c1. The largest absolute Gasteiger partial charge is 0.497 e. The fourth-order valence-electron chi connectivity index (χ4n) is 4.20. The molecule has 1 amide bonds. The van der Waals surface area contributed by atoms with Gasteiger partial charge in [0, 0.05) is 18.7 Å². The van der Waals surface area contributed by atoms with Crippen molar-refractivity contribution in [3.8, 4) is 5.75 Å². The van der Waals surface area contributed by atoms with Gasteiger partial charge < -0.3 is 14.1 Å². The van der Waals surface area contributed by atoms with Gasteiger partial charge >= 0.3 is 0 Å². The van der Waals surface area contributed by atoms with Crippen LogP contribution in [0, 0.1) is 5.41 Å². The minimum Gasteiger partial charge on any atom is -0.497 e. The molecule has 0 bridgehead atoms. The molecule has 1 aromatic carbocycles. The predicted octanol–water partition coefficient (Wildman–Crippen LogP) is 6.04. The smallest absolute Gasteiger partial charge is 0.233 e. The van der Waals surface area contributed by atoms with E-state index in [1.54, 1.807) is 13.2 Å². The van der Waals surface area contributed by atoms with Crippen molar-refractivity contribution in [3.05, 3.63) is 23.2 Å². The molecule has 1 aliphatic heterocycles. The summed E-state index contributed by atoms with van der Waals surface area (Å²) in [4.78, 5) is 15.2. The first kappa shape index (κ1) is 21.7. The first-order valence-electron chi connectivity index (χ1n) is 10.3. The molecule has 1 aromatic rings. The first-order chi connectivity index (χ1) is 13.0. The molecule has 1 heterocycles. The fraction of sp³-hybridized carbons (Fsp3) is 0.682. The molecule has 156 valence electrons. The fourth-order valence-corrected chi connectivity index (χ4v) is 5.84. The molecule has 28 heavy (non-hydrogen) atoms. The normalized spacial score (nSPS) is 26.2. The number of amides is 1. The van der Waals surface area contributed by atoms with Crippen LogP contribution in [0.15, 0.2) is 18.2 Å². The van der Waals surface area contributed by atoms with E-state index in [4.69, 9.17) is 20.8 Å².